The van der Waals surface area contributed by atoms with Crippen molar-refractivity contribution in [2.45, 2.75) is 33.2 Å². The van der Waals surface area contributed by atoms with Crippen molar-refractivity contribution in [3.8, 4) is 5.75 Å². The fraction of sp³-hybridized carbons (Fsp3) is 0.438. The van der Waals surface area contributed by atoms with E-state index in [1.165, 1.54) is 11.3 Å². The van der Waals surface area contributed by atoms with Crippen LogP contribution in [0.1, 0.15) is 36.9 Å². The Kier molecular flexibility index (Phi) is 4.73. The first kappa shape index (κ1) is 15.6. The smallest absolute Gasteiger partial charge is 0.263 e. The van der Waals surface area contributed by atoms with E-state index < -0.39 is 0 Å². The Labute approximate surface area is 129 Å². The summed E-state index contributed by atoms with van der Waals surface area (Å²) in [5.74, 6) is 1.22. The number of rotatable bonds is 5. The first-order valence-corrected chi connectivity index (χ1v) is 7.91. The number of nitrogen functional groups attached to an aromatic ring is 1. The van der Waals surface area contributed by atoms with Gasteiger partial charge in [0.05, 0.1) is 12.8 Å². The number of anilines is 1. The molecule has 0 aliphatic heterocycles. The van der Waals surface area contributed by atoms with Crippen molar-refractivity contribution < 1.29 is 9.53 Å². The number of carbonyl (C=O) groups excluding carboxylic acids is 1. The molecule has 1 aromatic carbocycles. The van der Waals surface area contributed by atoms with Gasteiger partial charge in [-0.1, -0.05) is 13.8 Å². The second-order valence-corrected chi connectivity index (χ2v) is 6.76. The number of ether oxygens (including phenoxy) is 1. The molecule has 0 aliphatic carbocycles. The molecule has 0 radical (unpaired) electrons. The molecule has 5 heteroatoms. The first-order valence-electron chi connectivity index (χ1n) is 7.09. The molecule has 114 valence electrons. The Morgan fingerprint density at radius 2 is 2.10 bits per heavy atom. The Bertz CT molecular complexity index is 649. The van der Waals surface area contributed by atoms with Gasteiger partial charge in [0.1, 0.15) is 10.6 Å². The summed E-state index contributed by atoms with van der Waals surface area (Å²) in [5, 5.41) is 3.92. The molecule has 21 heavy (non-hydrogen) atoms. The van der Waals surface area contributed by atoms with Gasteiger partial charge in [-0.25, -0.2) is 0 Å². The molecule has 1 aromatic heterocycles. The van der Waals surface area contributed by atoms with Crippen molar-refractivity contribution in [2.24, 2.45) is 5.92 Å². The van der Waals surface area contributed by atoms with Crippen LogP contribution in [0.3, 0.4) is 0 Å². The Morgan fingerprint density at radius 1 is 1.38 bits per heavy atom. The molecule has 1 heterocycles. The second-order valence-electron chi connectivity index (χ2n) is 5.71. The van der Waals surface area contributed by atoms with Gasteiger partial charge in [-0.2, -0.15) is 0 Å². The molecule has 0 saturated carbocycles. The number of amides is 1. The minimum Gasteiger partial charge on any atom is -0.497 e. The summed E-state index contributed by atoms with van der Waals surface area (Å²) in [5.41, 5.74) is 6.67. The van der Waals surface area contributed by atoms with E-state index in [1.807, 2.05) is 25.1 Å². The molecule has 4 nitrogen and oxygen atoms in total. The number of benzene rings is 1. The zero-order valence-corrected chi connectivity index (χ0v) is 13.7. The number of carbonyl (C=O) groups is 1. The third-order valence-corrected chi connectivity index (χ3v) is 4.51. The number of fused-ring (bicyclic) bond motifs is 1. The lowest BCUT2D eigenvalue weighted by Crippen LogP contribution is -2.33. The van der Waals surface area contributed by atoms with Crippen LogP contribution in [0.5, 0.6) is 5.75 Å². The molecule has 1 amide bonds. The lowest BCUT2D eigenvalue weighted by Gasteiger charge is -2.15. The second kappa shape index (κ2) is 6.35. The van der Waals surface area contributed by atoms with E-state index in [0.29, 0.717) is 16.5 Å². The van der Waals surface area contributed by atoms with E-state index >= 15 is 0 Å². The maximum Gasteiger partial charge on any atom is 0.263 e. The van der Waals surface area contributed by atoms with Crippen molar-refractivity contribution >= 4 is 33.0 Å². The Morgan fingerprint density at radius 3 is 2.71 bits per heavy atom. The lowest BCUT2D eigenvalue weighted by molar-refractivity contribution is 0.0941. The van der Waals surface area contributed by atoms with Crippen molar-refractivity contribution in [1.82, 2.24) is 5.32 Å². The predicted octanol–water partition coefficient (Wildman–Crippen LogP) is 3.66. The molecule has 3 N–H and O–H groups in total. The lowest BCUT2D eigenvalue weighted by atomic mass is 10.1. The van der Waals surface area contributed by atoms with Crippen molar-refractivity contribution in [3.05, 3.63) is 23.1 Å². The minimum atomic E-state index is -0.0965. The molecule has 0 saturated heterocycles. The van der Waals surface area contributed by atoms with Crippen LogP contribution in [0.25, 0.3) is 10.1 Å². The number of thiophene rings is 1. The summed E-state index contributed by atoms with van der Waals surface area (Å²) in [6.07, 6.45) is 0.949. The zero-order chi connectivity index (χ0) is 15.6. The van der Waals surface area contributed by atoms with Crippen LogP contribution in [0, 0.1) is 5.92 Å². The molecular formula is C16H22N2O2S. The highest BCUT2D eigenvalue weighted by Gasteiger charge is 2.18. The summed E-state index contributed by atoms with van der Waals surface area (Å²) >= 11 is 1.41. The average molecular weight is 306 g/mol. The third kappa shape index (κ3) is 3.47. The highest BCUT2D eigenvalue weighted by Crippen LogP contribution is 2.35. The van der Waals surface area contributed by atoms with Gasteiger partial charge in [-0.15, -0.1) is 11.3 Å². The Hall–Kier alpha value is -1.75. The SMILES string of the molecule is COc1ccc2c(N)c(C(=O)NC(C)CC(C)C)sc2c1. The summed E-state index contributed by atoms with van der Waals surface area (Å²) in [6.45, 7) is 6.30. The van der Waals surface area contributed by atoms with Crippen molar-refractivity contribution in [1.29, 1.82) is 0 Å². The average Bonchev–Trinajstić information content (AvgIpc) is 2.74. The molecule has 0 bridgehead atoms. The van der Waals surface area contributed by atoms with E-state index in [0.717, 1.165) is 22.3 Å². The van der Waals surface area contributed by atoms with Crippen molar-refractivity contribution in [2.75, 3.05) is 12.8 Å². The maximum absolute atomic E-state index is 12.4. The molecular weight excluding hydrogens is 284 g/mol. The number of methoxy groups -OCH3 is 1. The van der Waals surface area contributed by atoms with E-state index in [4.69, 9.17) is 10.5 Å². The summed E-state index contributed by atoms with van der Waals surface area (Å²) in [4.78, 5) is 12.9. The van der Waals surface area contributed by atoms with Gasteiger partial charge in [-0.3, -0.25) is 4.79 Å². The zero-order valence-electron chi connectivity index (χ0n) is 12.9. The number of hydrogen-bond acceptors (Lipinski definition) is 4. The quantitative estimate of drug-likeness (QED) is 0.886. The van der Waals surface area contributed by atoms with E-state index in [9.17, 15) is 4.79 Å². The summed E-state index contributed by atoms with van der Waals surface area (Å²) in [7, 11) is 1.62. The summed E-state index contributed by atoms with van der Waals surface area (Å²) < 4.78 is 6.17. The highest BCUT2D eigenvalue weighted by atomic mass is 32.1. The third-order valence-electron chi connectivity index (χ3n) is 3.34. The first-order chi connectivity index (χ1) is 9.92. The highest BCUT2D eigenvalue weighted by molar-refractivity contribution is 7.21. The molecule has 0 fully saturated rings. The molecule has 0 aliphatic rings. The van der Waals surface area contributed by atoms with Gasteiger partial charge < -0.3 is 15.8 Å². The number of nitrogens with one attached hydrogen (secondary N) is 1. The van der Waals surface area contributed by atoms with Gasteiger partial charge in [0, 0.05) is 16.1 Å². The van der Waals surface area contributed by atoms with Crippen LogP contribution in [0.15, 0.2) is 18.2 Å². The van der Waals surface area contributed by atoms with Gasteiger partial charge in [0.25, 0.3) is 5.91 Å². The maximum atomic E-state index is 12.4. The molecule has 2 rings (SSSR count). The predicted molar refractivity (Wildman–Crippen MR) is 89.2 cm³/mol. The topological polar surface area (TPSA) is 64.3 Å². The molecule has 2 aromatic rings. The largest absolute Gasteiger partial charge is 0.497 e. The monoisotopic (exact) mass is 306 g/mol. The van der Waals surface area contributed by atoms with Gasteiger partial charge >= 0.3 is 0 Å². The van der Waals surface area contributed by atoms with Gasteiger partial charge in [0.15, 0.2) is 0 Å². The number of nitrogens with two attached hydrogens (primary N) is 1. The van der Waals surface area contributed by atoms with E-state index in [-0.39, 0.29) is 11.9 Å². The van der Waals surface area contributed by atoms with Crippen molar-refractivity contribution in [3.63, 3.8) is 0 Å². The van der Waals surface area contributed by atoms with Crippen LogP contribution >= 0.6 is 11.3 Å². The van der Waals surface area contributed by atoms with Crippen LogP contribution in [0.2, 0.25) is 0 Å². The number of hydrogen-bond donors (Lipinski definition) is 2. The van der Waals surface area contributed by atoms with Crippen LogP contribution in [0.4, 0.5) is 5.69 Å². The Balaban J connectivity index is 2.25. The molecule has 1 unspecified atom stereocenters. The van der Waals surface area contributed by atoms with E-state index in [2.05, 4.69) is 19.2 Å². The summed E-state index contributed by atoms with van der Waals surface area (Å²) in [6, 6.07) is 5.80. The fourth-order valence-electron chi connectivity index (χ4n) is 2.45. The van der Waals surface area contributed by atoms with Gasteiger partial charge in [-0.05, 0) is 37.5 Å². The van der Waals surface area contributed by atoms with E-state index in [1.54, 1.807) is 7.11 Å². The molecule has 0 spiro atoms. The molecule has 1 atom stereocenters. The standard InChI is InChI=1S/C16H22N2O2S/c1-9(2)7-10(3)18-16(19)15-14(17)12-6-5-11(20-4)8-13(12)21-15/h5-6,8-10H,7,17H2,1-4H3,(H,18,19). The van der Waals surface area contributed by atoms with Crippen LogP contribution < -0.4 is 15.8 Å². The fourth-order valence-corrected chi connectivity index (χ4v) is 3.50. The normalized spacial score (nSPS) is 12.6. The van der Waals surface area contributed by atoms with Crippen LogP contribution in [-0.4, -0.2) is 19.1 Å². The van der Waals surface area contributed by atoms with Crippen LogP contribution in [-0.2, 0) is 0 Å². The minimum absolute atomic E-state index is 0.0965. The van der Waals surface area contributed by atoms with Gasteiger partial charge in [0.2, 0.25) is 0 Å².